The number of aliphatic carboxylic acids is 1. The van der Waals surface area contributed by atoms with Gasteiger partial charge in [-0.25, -0.2) is 4.79 Å². The maximum atomic E-state index is 12.8. The second-order valence-corrected chi connectivity index (χ2v) is 10.3. The molecular formula is C26H30BrF3N2O5. The number of hydrogen-bond donors (Lipinski definition) is 2. The van der Waals surface area contributed by atoms with E-state index < -0.39 is 12.1 Å². The number of nitrogens with zero attached hydrogens (tertiary/aromatic N) is 1. The SMILES string of the molecule is COc1ccc(C23CCC(NC(=O)c4cccc(Br)c4)CC2CN(C)C3)cc1OC.O=C(O)C(F)(F)F. The molecular weight excluding hydrogens is 557 g/mol. The fraction of sp³-hybridized carbons (Fsp3) is 0.462. The Hall–Kier alpha value is -2.79. The number of fused-ring (bicyclic) bond motifs is 1. The molecule has 37 heavy (non-hydrogen) atoms. The quantitative estimate of drug-likeness (QED) is 0.519. The van der Waals surface area contributed by atoms with Crippen molar-refractivity contribution in [3.8, 4) is 11.5 Å². The van der Waals surface area contributed by atoms with E-state index in [0.717, 1.165) is 48.3 Å². The summed E-state index contributed by atoms with van der Waals surface area (Å²) in [6, 6.07) is 14.1. The molecule has 11 heteroatoms. The Morgan fingerprint density at radius 1 is 1.14 bits per heavy atom. The summed E-state index contributed by atoms with van der Waals surface area (Å²) in [5, 5.41) is 10.4. The van der Waals surface area contributed by atoms with E-state index in [4.69, 9.17) is 19.4 Å². The van der Waals surface area contributed by atoms with Gasteiger partial charge in [0.15, 0.2) is 11.5 Å². The summed E-state index contributed by atoms with van der Waals surface area (Å²) in [6.45, 7) is 2.07. The zero-order valence-electron chi connectivity index (χ0n) is 20.8. The van der Waals surface area contributed by atoms with Gasteiger partial charge in [-0.2, -0.15) is 13.2 Å². The molecule has 1 amide bonds. The number of ether oxygens (including phenoxy) is 2. The molecule has 0 radical (unpaired) electrons. The third-order valence-corrected chi connectivity index (χ3v) is 7.49. The first-order valence-electron chi connectivity index (χ1n) is 11.7. The van der Waals surface area contributed by atoms with Crippen molar-refractivity contribution in [2.45, 2.75) is 36.9 Å². The highest BCUT2D eigenvalue weighted by Crippen LogP contribution is 2.49. The van der Waals surface area contributed by atoms with Crippen molar-refractivity contribution in [2.24, 2.45) is 5.92 Å². The zero-order chi connectivity index (χ0) is 27.4. The number of amides is 1. The van der Waals surface area contributed by atoms with Gasteiger partial charge in [0.1, 0.15) is 0 Å². The fourth-order valence-electron chi connectivity index (χ4n) is 5.35. The zero-order valence-corrected chi connectivity index (χ0v) is 22.4. The van der Waals surface area contributed by atoms with Gasteiger partial charge in [0, 0.05) is 34.6 Å². The van der Waals surface area contributed by atoms with Crippen LogP contribution in [0.15, 0.2) is 46.9 Å². The highest BCUT2D eigenvalue weighted by Gasteiger charge is 2.50. The van der Waals surface area contributed by atoms with E-state index in [2.05, 4.69) is 45.3 Å². The van der Waals surface area contributed by atoms with Crippen LogP contribution in [0.4, 0.5) is 13.2 Å². The molecule has 2 aliphatic rings. The van der Waals surface area contributed by atoms with E-state index >= 15 is 0 Å². The molecule has 7 nitrogen and oxygen atoms in total. The maximum Gasteiger partial charge on any atom is 0.490 e. The van der Waals surface area contributed by atoms with Crippen LogP contribution in [0.1, 0.15) is 35.2 Å². The standard InChI is InChI=1S/C24H29BrN2O3.C2HF3O2/c1-27-14-18-12-20(26-23(28)16-5-4-6-19(25)11-16)9-10-24(18,15-27)17-7-8-21(29-2)22(13-17)30-3;3-2(4,5)1(6)7/h4-8,11,13,18,20H,9-10,12,14-15H2,1-3H3,(H,26,28);(H,6,7). The summed E-state index contributed by atoms with van der Waals surface area (Å²) in [7, 11) is 5.54. The van der Waals surface area contributed by atoms with E-state index in [1.165, 1.54) is 5.56 Å². The number of alkyl halides is 3. The number of rotatable bonds is 5. The highest BCUT2D eigenvalue weighted by molar-refractivity contribution is 9.10. The molecule has 1 aliphatic carbocycles. The lowest BCUT2D eigenvalue weighted by Gasteiger charge is -2.43. The smallest absolute Gasteiger partial charge is 0.490 e. The maximum absolute atomic E-state index is 12.8. The molecule has 2 aromatic carbocycles. The Balaban J connectivity index is 0.000000479. The molecule has 0 bridgehead atoms. The topological polar surface area (TPSA) is 88.1 Å². The molecule has 3 unspecified atom stereocenters. The first-order valence-corrected chi connectivity index (χ1v) is 12.5. The number of methoxy groups -OCH3 is 2. The number of carboxylic acid groups (broad SMARTS) is 1. The number of hydrogen-bond acceptors (Lipinski definition) is 5. The number of likely N-dealkylation sites (N-methyl/N-ethyl adjacent to an activating group) is 1. The van der Waals surface area contributed by atoms with Crippen molar-refractivity contribution in [1.82, 2.24) is 10.2 Å². The van der Waals surface area contributed by atoms with Gasteiger partial charge >= 0.3 is 12.1 Å². The summed E-state index contributed by atoms with van der Waals surface area (Å²) >= 11 is 3.45. The molecule has 1 heterocycles. The Morgan fingerprint density at radius 3 is 2.41 bits per heavy atom. The monoisotopic (exact) mass is 586 g/mol. The van der Waals surface area contributed by atoms with Crippen LogP contribution in [0.3, 0.4) is 0 Å². The summed E-state index contributed by atoms with van der Waals surface area (Å²) in [5.74, 6) is -0.723. The third-order valence-electron chi connectivity index (χ3n) is 7.00. The minimum absolute atomic E-state index is 0.00580. The largest absolute Gasteiger partial charge is 0.493 e. The number of carboxylic acids is 1. The molecule has 3 atom stereocenters. The predicted molar refractivity (Wildman–Crippen MR) is 135 cm³/mol. The number of nitrogens with one attached hydrogen (secondary N) is 1. The summed E-state index contributed by atoms with van der Waals surface area (Å²) in [5.41, 5.74) is 2.10. The number of carbonyl (C=O) groups is 2. The van der Waals surface area contributed by atoms with Crippen LogP contribution >= 0.6 is 15.9 Å². The van der Waals surface area contributed by atoms with E-state index in [1.54, 1.807) is 14.2 Å². The van der Waals surface area contributed by atoms with Crippen LogP contribution in [0.2, 0.25) is 0 Å². The first-order chi connectivity index (χ1) is 17.4. The summed E-state index contributed by atoms with van der Waals surface area (Å²) in [6.07, 6.45) is -2.09. The molecule has 1 saturated heterocycles. The molecule has 4 rings (SSSR count). The minimum atomic E-state index is -5.08. The Morgan fingerprint density at radius 2 is 1.81 bits per heavy atom. The lowest BCUT2D eigenvalue weighted by atomic mass is 9.63. The lowest BCUT2D eigenvalue weighted by molar-refractivity contribution is -0.192. The van der Waals surface area contributed by atoms with Crippen molar-refractivity contribution in [3.63, 3.8) is 0 Å². The van der Waals surface area contributed by atoms with Crippen LogP contribution in [-0.2, 0) is 10.2 Å². The summed E-state index contributed by atoms with van der Waals surface area (Å²) < 4.78 is 43.7. The van der Waals surface area contributed by atoms with Crippen molar-refractivity contribution in [1.29, 1.82) is 0 Å². The minimum Gasteiger partial charge on any atom is -0.493 e. The Kier molecular flexibility index (Phi) is 9.12. The predicted octanol–water partition coefficient (Wildman–Crippen LogP) is 4.88. The normalized spacial score (nSPS) is 23.3. The van der Waals surface area contributed by atoms with Crippen LogP contribution in [0.25, 0.3) is 0 Å². The number of carbonyl (C=O) groups excluding carboxylic acids is 1. The Labute approximate surface area is 222 Å². The van der Waals surface area contributed by atoms with E-state index in [9.17, 15) is 18.0 Å². The molecule has 1 saturated carbocycles. The number of halogens is 4. The highest BCUT2D eigenvalue weighted by atomic mass is 79.9. The van der Waals surface area contributed by atoms with Crippen LogP contribution in [0, 0.1) is 5.92 Å². The average Bonchev–Trinajstić information content (AvgIpc) is 3.19. The molecule has 2 aromatic rings. The second kappa shape index (κ2) is 11.7. The average molecular weight is 587 g/mol. The van der Waals surface area contributed by atoms with Gasteiger partial charge in [-0.3, -0.25) is 4.79 Å². The first kappa shape index (κ1) is 28.8. The van der Waals surface area contributed by atoms with Gasteiger partial charge in [-0.15, -0.1) is 0 Å². The lowest BCUT2D eigenvalue weighted by Crippen LogP contribution is -2.47. The van der Waals surface area contributed by atoms with Gasteiger partial charge in [-0.1, -0.05) is 28.1 Å². The van der Waals surface area contributed by atoms with E-state index in [1.807, 2.05) is 30.3 Å². The molecule has 1 aliphatic heterocycles. The van der Waals surface area contributed by atoms with Gasteiger partial charge in [-0.05, 0) is 68.1 Å². The third kappa shape index (κ3) is 6.75. The van der Waals surface area contributed by atoms with Crippen LogP contribution in [-0.4, -0.2) is 68.5 Å². The summed E-state index contributed by atoms with van der Waals surface area (Å²) in [4.78, 5) is 24.1. The van der Waals surface area contributed by atoms with E-state index in [0.29, 0.717) is 11.5 Å². The van der Waals surface area contributed by atoms with Crippen molar-refractivity contribution in [3.05, 3.63) is 58.1 Å². The molecule has 0 spiro atoms. The van der Waals surface area contributed by atoms with Gasteiger partial charge in [0.2, 0.25) is 0 Å². The molecule has 202 valence electrons. The van der Waals surface area contributed by atoms with E-state index in [-0.39, 0.29) is 17.4 Å². The number of likely N-dealkylation sites (tertiary alicyclic amines) is 1. The van der Waals surface area contributed by atoms with Crippen molar-refractivity contribution >= 4 is 27.8 Å². The second-order valence-electron chi connectivity index (χ2n) is 9.38. The number of benzene rings is 2. The molecule has 2 fully saturated rings. The van der Waals surface area contributed by atoms with Gasteiger partial charge in [0.25, 0.3) is 5.91 Å². The fourth-order valence-corrected chi connectivity index (χ4v) is 5.75. The van der Waals surface area contributed by atoms with Crippen LogP contribution in [0.5, 0.6) is 11.5 Å². The molecule has 2 N–H and O–H groups in total. The Bertz CT molecular complexity index is 1130. The van der Waals surface area contributed by atoms with Gasteiger partial charge < -0.3 is 24.8 Å². The van der Waals surface area contributed by atoms with Gasteiger partial charge in [0.05, 0.1) is 14.2 Å². The van der Waals surface area contributed by atoms with Crippen molar-refractivity contribution in [2.75, 3.05) is 34.4 Å². The molecule has 0 aromatic heterocycles. The van der Waals surface area contributed by atoms with Crippen LogP contribution < -0.4 is 14.8 Å². The van der Waals surface area contributed by atoms with Crippen molar-refractivity contribution < 1.29 is 37.3 Å².